The molecule has 5 atom stereocenters. The summed E-state index contributed by atoms with van der Waals surface area (Å²) in [5.74, 6) is -67.9. The zero-order valence-electron chi connectivity index (χ0n) is 34.1. The monoisotopic (exact) mass is 1070 g/mol. The Kier molecular flexibility index (Phi) is 18.8. The van der Waals surface area contributed by atoms with Gasteiger partial charge in [0.25, 0.3) is 15.7 Å². The molecule has 0 rings (SSSR count). The molecule has 0 heterocycles. The molecule has 0 fully saturated rings. The highest BCUT2D eigenvalue weighted by atomic mass is 32.2. The molecule has 0 aliphatic rings. The highest BCUT2D eigenvalue weighted by molar-refractivity contribution is 7.85. The minimum absolute atomic E-state index is 0.367. The predicted octanol–water partition coefficient (Wildman–Crippen LogP) is 8.74. The van der Waals surface area contributed by atoms with E-state index in [0.29, 0.717) is 20.8 Å². The van der Waals surface area contributed by atoms with Gasteiger partial charge in [-0.1, -0.05) is 13.8 Å². The molecule has 0 spiro atoms. The zero-order chi connectivity index (χ0) is 54.2. The van der Waals surface area contributed by atoms with Crippen molar-refractivity contribution >= 4 is 28.0 Å². The van der Waals surface area contributed by atoms with Crippen molar-refractivity contribution in [2.24, 2.45) is 16.7 Å². The molecule has 0 saturated carbocycles. The molecule has 11 nitrogen and oxygen atoms in total. The molecule has 5 unspecified atom stereocenters. The van der Waals surface area contributed by atoms with Crippen molar-refractivity contribution in [1.82, 2.24) is 0 Å². The molecular weight excluding hydrogens is 1030 g/mol. The second-order valence-electron chi connectivity index (χ2n) is 15.6. The topological polar surface area (TPSA) is 174 Å². The van der Waals surface area contributed by atoms with Gasteiger partial charge in [0, 0.05) is 12.8 Å². The lowest BCUT2D eigenvalue weighted by molar-refractivity contribution is -0.462. The highest BCUT2D eigenvalue weighted by Gasteiger charge is 2.95. The fraction of sp³-hybridized carbons (Fsp3) is 0.906. The Labute approximate surface area is 361 Å². The summed E-state index contributed by atoms with van der Waals surface area (Å²) in [6.45, 7) is 0.428. The third-order valence-corrected chi connectivity index (χ3v) is 10.5. The van der Waals surface area contributed by atoms with Crippen LogP contribution in [0.3, 0.4) is 0 Å². The molecule has 35 heteroatoms. The van der Waals surface area contributed by atoms with Gasteiger partial charge in [-0.15, -0.1) is 0 Å². The quantitative estimate of drug-likeness (QED) is 0.0365. The minimum atomic E-state index is -8.95. The van der Waals surface area contributed by atoms with Crippen LogP contribution in [0.2, 0.25) is 0 Å². The molecule has 0 aromatic carbocycles. The Morgan fingerprint density at radius 3 is 1.34 bits per heavy atom. The highest BCUT2D eigenvalue weighted by Crippen LogP contribution is 2.64. The van der Waals surface area contributed by atoms with E-state index >= 15 is 0 Å². The molecule has 0 radical (unpaired) electrons. The number of hydrogen-bond acceptors (Lipinski definition) is 10. The van der Waals surface area contributed by atoms with E-state index in [-0.39, 0.29) is 0 Å². The zero-order valence-corrected chi connectivity index (χ0v) is 34.9. The minimum Gasteiger partial charge on any atom is -0.464 e. The van der Waals surface area contributed by atoms with Gasteiger partial charge in [-0.05, 0) is 40.0 Å². The van der Waals surface area contributed by atoms with Crippen LogP contribution in [0, 0.1) is 16.7 Å². The van der Waals surface area contributed by atoms with Gasteiger partial charge in [0.15, 0.2) is 0 Å². The number of aliphatic hydroxyl groups is 2. The van der Waals surface area contributed by atoms with Crippen LogP contribution >= 0.6 is 0 Å². The third kappa shape index (κ3) is 12.9. The number of rotatable bonds is 24. The molecule has 67 heavy (non-hydrogen) atoms. The normalized spacial score (nSPS) is 18.0. The van der Waals surface area contributed by atoms with Crippen molar-refractivity contribution < 1.29 is 153 Å². The lowest BCUT2D eigenvalue weighted by atomic mass is 9.68. The van der Waals surface area contributed by atoms with Crippen molar-refractivity contribution in [3.05, 3.63) is 0 Å². The van der Waals surface area contributed by atoms with Gasteiger partial charge in [-0.2, -0.15) is 109 Å². The van der Waals surface area contributed by atoms with Gasteiger partial charge in [0.05, 0.1) is 22.9 Å². The number of carbonyl (C=O) groups excluding carboxylic acids is 3. The van der Waals surface area contributed by atoms with E-state index in [1.807, 2.05) is 0 Å². The van der Waals surface area contributed by atoms with Crippen molar-refractivity contribution in [3.8, 4) is 0 Å². The van der Waals surface area contributed by atoms with Crippen LogP contribution in [0.4, 0.5) is 101 Å². The summed E-state index contributed by atoms with van der Waals surface area (Å²) >= 11 is 0. The molecule has 0 bridgehead atoms. The van der Waals surface area contributed by atoms with E-state index in [1.165, 1.54) is 0 Å². The number of ether oxygens (including phenoxy) is 3. The molecule has 0 aromatic rings. The standard InChI is InChI=1S/C32H37F23O11S/c1-6-20(4,18(58)64-7-8-67(61,62)63)13-21(5,19(59)66-15(3)10-22(60,30(47,48)49)31(50,51)52)9-14(2)17(57)65-12-16(56)11-23(33,34)24(35,36)25(37,38)26(39,40)27(41,42)28(43,44)29(45,46)32(53,54)55/h14-16,56,60H,6-13H2,1-5H3,(H,61,62,63). The van der Waals surface area contributed by atoms with E-state index in [2.05, 4.69) is 9.47 Å². The van der Waals surface area contributed by atoms with Crippen molar-refractivity contribution in [2.45, 2.75) is 145 Å². The number of halogens is 23. The average molecular weight is 1070 g/mol. The first kappa shape index (κ1) is 63.6. The molecule has 3 N–H and O–H groups in total. The van der Waals surface area contributed by atoms with E-state index < -0.39 is 174 Å². The number of aliphatic hydroxyl groups excluding tert-OH is 1. The first-order chi connectivity index (χ1) is 29.1. The lowest BCUT2D eigenvalue weighted by Gasteiger charge is -2.43. The fourth-order valence-electron chi connectivity index (χ4n) is 5.78. The van der Waals surface area contributed by atoms with Crippen LogP contribution < -0.4 is 0 Å². The molecule has 398 valence electrons. The number of carbonyl (C=O) groups is 3. The maximum atomic E-state index is 14.4. The summed E-state index contributed by atoms with van der Waals surface area (Å²) in [6, 6.07) is 0. The van der Waals surface area contributed by atoms with Gasteiger partial charge in [-0.3, -0.25) is 18.9 Å². The number of alkyl halides is 23. The Bertz CT molecular complexity index is 1840. The van der Waals surface area contributed by atoms with Crippen LogP contribution in [0.15, 0.2) is 0 Å². The fourth-order valence-corrected chi connectivity index (χ4v) is 6.07. The van der Waals surface area contributed by atoms with Gasteiger partial charge in [0.2, 0.25) is 0 Å². The second-order valence-corrected chi connectivity index (χ2v) is 17.2. The maximum absolute atomic E-state index is 14.4. The summed E-state index contributed by atoms with van der Waals surface area (Å²) < 4.78 is 356. The molecule has 0 aliphatic carbocycles. The number of hydrogen-bond donors (Lipinski definition) is 3. The largest absolute Gasteiger partial charge is 0.464 e. The van der Waals surface area contributed by atoms with Crippen LogP contribution in [-0.4, -0.2) is 138 Å². The summed E-state index contributed by atoms with van der Waals surface area (Å²) in [5.41, 5.74) is -10.3. The van der Waals surface area contributed by atoms with Crippen LogP contribution in [0.5, 0.6) is 0 Å². The Hall–Kier alpha value is -3.37. The molecule has 0 aromatic heterocycles. The summed E-state index contributed by atoms with van der Waals surface area (Å²) in [7, 11) is -4.81. The van der Waals surface area contributed by atoms with E-state index in [4.69, 9.17) is 9.29 Å². The summed E-state index contributed by atoms with van der Waals surface area (Å²) in [5, 5.41) is 19.3. The van der Waals surface area contributed by atoms with Crippen LogP contribution in [0.1, 0.15) is 66.7 Å². The smallest absolute Gasteiger partial charge is 0.460 e. The number of esters is 3. The third-order valence-electron chi connectivity index (χ3n) is 9.81. The summed E-state index contributed by atoms with van der Waals surface area (Å²) in [4.78, 5) is 39.3. The van der Waals surface area contributed by atoms with Crippen molar-refractivity contribution in [1.29, 1.82) is 0 Å². The Morgan fingerprint density at radius 2 is 0.970 bits per heavy atom. The van der Waals surface area contributed by atoms with Gasteiger partial charge >= 0.3 is 77.9 Å². The molecular formula is C32H37F23O11S. The van der Waals surface area contributed by atoms with Gasteiger partial charge in [-0.25, -0.2) is 0 Å². The van der Waals surface area contributed by atoms with E-state index in [0.717, 1.165) is 13.8 Å². The van der Waals surface area contributed by atoms with Gasteiger partial charge in [0.1, 0.15) is 25.1 Å². The SMILES string of the molecule is CCC(C)(CC(C)(CC(C)C(=O)OCC(O)CC(F)(F)C(F)(F)C(F)(F)C(F)(F)C(F)(F)C(F)(F)C(F)(F)C(F)(F)F)C(=O)OC(C)CC(O)(C(F)(F)F)C(F)(F)F)C(=O)OCCS(=O)(=O)O. The van der Waals surface area contributed by atoms with Crippen LogP contribution in [0.25, 0.3) is 0 Å². The Balaban J connectivity index is 6.75. The van der Waals surface area contributed by atoms with Crippen molar-refractivity contribution in [2.75, 3.05) is 19.0 Å². The second kappa shape index (κ2) is 19.8. The molecule has 0 saturated heterocycles. The van der Waals surface area contributed by atoms with E-state index in [9.17, 15) is 134 Å². The Morgan fingerprint density at radius 1 is 0.567 bits per heavy atom. The first-order valence-corrected chi connectivity index (χ1v) is 19.4. The van der Waals surface area contributed by atoms with E-state index in [1.54, 1.807) is 0 Å². The molecule has 0 aliphatic heterocycles. The van der Waals surface area contributed by atoms with Gasteiger partial charge < -0.3 is 24.4 Å². The lowest BCUT2D eigenvalue weighted by Crippen LogP contribution is -2.74. The predicted molar refractivity (Wildman–Crippen MR) is 172 cm³/mol. The molecule has 0 amide bonds. The van der Waals surface area contributed by atoms with Crippen molar-refractivity contribution in [3.63, 3.8) is 0 Å². The summed E-state index contributed by atoms with van der Waals surface area (Å²) in [6.07, 6.45) is -35.9. The van der Waals surface area contributed by atoms with Crippen LogP contribution in [-0.2, 0) is 38.7 Å². The average Bonchev–Trinajstić information content (AvgIpc) is 3.10. The first-order valence-electron chi connectivity index (χ1n) is 17.8. The maximum Gasteiger partial charge on any atom is 0.460 e.